The Morgan fingerprint density at radius 3 is 2.65 bits per heavy atom. The zero-order chi connectivity index (χ0) is 14.8. The molecule has 1 fully saturated rings. The molecule has 1 N–H and O–H groups in total. The van der Waals surface area contributed by atoms with Crippen LogP contribution in [0.4, 0.5) is 5.69 Å². The molecule has 1 aliphatic heterocycles. The molecule has 0 bridgehead atoms. The van der Waals surface area contributed by atoms with Gasteiger partial charge in [0.05, 0.1) is 6.04 Å². The van der Waals surface area contributed by atoms with Gasteiger partial charge in [-0.25, -0.2) is 0 Å². The molecular weight excluding hydrogens is 306 g/mol. The van der Waals surface area contributed by atoms with Gasteiger partial charge in [-0.3, -0.25) is 9.88 Å². The van der Waals surface area contributed by atoms with Gasteiger partial charge in [-0.1, -0.05) is 36.4 Å². The topological polar surface area (TPSA) is 28.2 Å². The smallest absolute Gasteiger partial charge is 0.0515 e. The maximum atomic E-state index is 4.15. The second-order valence-electron chi connectivity index (χ2n) is 5.96. The first-order valence-electron chi connectivity index (χ1n) is 7.73. The molecule has 0 unspecified atom stereocenters. The number of anilines is 1. The lowest BCUT2D eigenvalue weighted by Crippen LogP contribution is -2.53. The minimum atomic E-state index is 0. The minimum absolute atomic E-state index is 0. The van der Waals surface area contributed by atoms with Crippen molar-refractivity contribution < 1.29 is 0 Å². The normalized spacial score (nSPS) is 15.0. The molecule has 0 aliphatic carbocycles. The van der Waals surface area contributed by atoms with Crippen LogP contribution in [0.15, 0.2) is 67.0 Å². The number of hydrogen-bond donors (Lipinski definition) is 1. The number of likely N-dealkylation sites (tertiary alicyclic amines) is 1. The Kier molecular flexibility index (Phi) is 4.79. The van der Waals surface area contributed by atoms with Gasteiger partial charge in [0, 0.05) is 43.1 Å². The second kappa shape index (κ2) is 6.99. The molecule has 2 heterocycles. The van der Waals surface area contributed by atoms with E-state index in [-0.39, 0.29) is 12.4 Å². The van der Waals surface area contributed by atoms with E-state index < -0.39 is 0 Å². The summed E-state index contributed by atoms with van der Waals surface area (Å²) in [5, 5.41) is 6.05. The Hall–Kier alpha value is -2.10. The van der Waals surface area contributed by atoms with Crippen LogP contribution in [0.25, 0.3) is 10.8 Å². The van der Waals surface area contributed by atoms with E-state index in [1.54, 1.807) is 0 Å². The fourth-order valence-electron chi connectivity index (χ4n) is 3.04. The van der Waals surface area contributed by atoms with Crippen molar-refractivity contribution in [3.8, 4) is 0 Å². The summed E-state index contributed by atoms with van der Waals surface area (Å²) in [6.45, 7) is 3.25. The molecule has 2 aromatic carbocycles. The van der Waals surface area contributed by atoms with Crippen LogP contribution in [0, 0.1) is 0 Å². The highest BCUT2D eigenvalue weighted by molar-refractivity contribution is 5.85. The Morgan fingerprint density at radius 2 is 1.83 bits per heavy atom. The third-order valence-electron chi connectivity index (χ3n) is 4.22. The van der Waals surface area contributed by atoms with Crippen molar-refractivity contribution in [3.63, 3.8) is 0 Å². The molecule has 0 atom stereocenters. The maximum Gasteiger partial charge on any atom is 0.0515 e. The number of aromatic nitrogens is 1. The van der Waals surface area contributed by atoms with Gasteiger partial charge in [-0.05, 0) is 29.1 Å². The Labute approximate surface area is 142 Å². The predicted octanol–water partition coefficient (Wildman–Crippen LogP) is 3.95. The number of halogens is 1. The summed E-state index contributed by atoms with van der Waals surface area (Å²) in [6.07, 6.45) is 3.75. The fraction of sp³-hybridized carbons (Fsp3) is 0.211. The van der Waals surface area contributed by atoms with Crippen LogP contribution in [0.1, 0.15) is 5.56 Å². The molecule has 1 saturated heterocycles. The number of fused-ring (bicyclic) bond motifs is 1. The third-order valence-corrected chi connectivity index (χ3v) is 4.22. The maximum absolute atomic E-state index is 4.15. The van der Waals surface area contributed by atoms with Crippen LogP contribution in [-0.2, 0) is 6.54 Å². The Balaban J connectivity index is 0.00000156. The van der Waals surface area contributed by atoms with E-state index in [2.05, 4.69) is 69.8 Å². The number of benzene rings is 2. The lowest BCUT2D eigenvalue weighted by Gasteiger charge is -2.40. The van der Waals surface area contributed by atoms with Gasteiger partial charge in [0.15, 0.2) is 0 Å². The van der Waals surface area contributed by atoms with Crippen LogP contribution in [-0.4, -0.2) is 29.0 Å². The van der Waals surface area contributed by atoms with E-state index in [9.17, 15) is 0 Å². The Bertz CT molecular complexity index is 770. The molecule has 0 amide bonds. The van der Waals surface area contributed by atoms with Gasteiger partial charge in [-0.15, -0.1) is 12.4 Å². The van der Waals surface area contributed by atoms with Crippen LogP contribution in [0.3, 0.4) is 0 Å². The van der Waals surface area contributed by atoms with Gasteiger partial charge < -0.3 is 5.32 Å². The molecule has 23 heavy (non-hydrogen) atoms. The summed E-state index contributed by atoms with van der Waals surface area (Å²) >= 11 is 0. The molecule has 0 radical (unpaired) electrons. The van der Waals surface area contributed by atoms with Crippen molar-refractivity contribution in [2.24, 2.45) is 0 Å². The highest BCUT2D eigenvalue weighted by atomic mass is 35.5. The monoisotopic (exact) mass is 325 g/mol. The lowest BCUT2D eigenvalue weighted by atomic mass is 10.1. The standard InChI is InChI=1S/C19H19N3.ClH/c1-2-4-15(5-3-1)12-22-13-19(14-22)21-18-7-6-17-11-20-9-8-16(17)10-18;/h1-11,19,21H,12-14H2;1H. The average Bonchev–Trinajstić information content (AvgIpc) is 2.54. The molecule has 3 aromatic rings. The van der Waals surface area contributed by atoms with Gasteiger partial charge in [0.1, 0.15) is 0 Å². The zero-order valence-corrected chi connectivity index (χ0v) is 13.7. The predicted molar refractivity (Wildman–Crippen MR) is 98.1 cm³/mol. The summed E-state index contributed by atoms with van der Waals surface area (Å²) in [6, 6.07) is 19.7. The second-order valence-corrected chi connectivity index (χ2v) is 5.96. The van der Waals surface area contributed by atoms with Gasteiger partial charge in [0.2, 0.25) is 0 Å². The van der Waals surface area contributed by atoms with Crippen LogP contribution in [0.2, 0.25) is 0 Å². The zero-order valence-electron chi connectivity index (χ0n) is 12.9. The number of hydrogen-bond acceptors (Lipinski definition) is 3. The van der Waals surface area contributed by atoms with Gasteiger partial charge in [-0.2, -0.15) is 0 Å². The first-order valence-corrected chi connectivity index (χ1v) is 7.73. The Morgan fingerprint density at radius 1 is 1.00 bits per heavy atom. The average molecular weight is 326 g/mol. The SMILES string of the molecule is Cl.c1ccc(CN2CC(Nc3ccc4cnccc4c3)C2)cc1. The van der Waals surface area contributed by atoms with Crippen LogP contribution >= 0.6 is 12.4 Å². The molecule has 0 spiro atoms. The van der Waals surface area contributed by atoms with Gasteiger partial charge in [0.25, 0.3) is 0 Å². The van der Waals surface area contributed by atoms with Crippen molar-refractivity contribution in [3.05, 3.63) is 72.6 Å². The minimum Gasteiger partial charge on any atom is -0.380 e. The summed E-state index contributed by atoms with van der Waals surface area (Å²) < 4.78 is 0. The van der Waals surface area contributed by atoms with Crippen molar-refractivity contribution >= 4 is 28.9 Å². The highest BCUT2D eigenvalue weighted by Crippen LogP contribution is 2.21. The molecule has 0 saturated carbocycles. The van der Waals surface area contributed by atoms with E-state index in [4.69, 9.17) is 0 Å². The van der Waals surface area contributed by atoms with Crippen molar-refractivity contribution in [2.45, 2.75) is 12.6 Å². The summed E-state index contributed by atoms with van der Waals surface area (Å²) in [5.74, 6) is 0. The number of nitrogens with one attached hydrogen (secondary N) is 1. The summed E-state index contributed by atoms with van der Waals surface area (Å²) in [5.41, 5.74) is 2.59. The molecule has 4 rings (SSSR count). The number of pyridine rings is 1. The van der Waals surface area contributed by atoms with Crippen LogP contribution < -0.4 is 5.32 Å². The molecule has 4 heteroatoms. The van der Waals surface area contributed by atoms with Crippen molar-refractivity contribution in [1.29, 1.82) is 0 Å². The van der Waals surface area contributed by atoms with Gasteiger partial charge >= 0.3 is 0 Å². The van der Waals surface area contributed by atoms with Crippen molar-refractivity contribution in [2.75, 3.05) is 18.4 Å². The van der Waals surface area contributed by atoms with E-state index >= 15 is 0 Å². The fourth-order valence-corrected chi connectivity index (χ4v) is 3.04. The third kappa shape index (κ3) is 3.63. The quantitative estimate of drug-likeness (QED) is 0.787. The lowest BCUT2D eigenvalue weighted by molar-refractivity contribution is 0.153. The number of rotatable bonds is 4. The number of nitrogens with zero attached hydrogens (tertiary/aromatic N) is 2. The summed E-state index contributed by atoms with van der Waals surface area (Å²) in [7, 11) is 0. The van der Waals surface area contributed by atoms with E-state index in [1.165, 1.54) is 22.0 Å². The molecule has 1 aliphatic rings. The molecule has 3 nitrogen and oxygen atoms in total. The largest absolute Gasteiger partial charge is 0.380 e. The molecular formula is C19H20ClN3. The van der Waals surface area contributed by atoms with E-state index in [0.29, 0.717) is 6.04 Å². The van der Waals surface area contributed by atoms with Crippen LogP contribution in [0.5, 0.6) is 0 Å². The van der Waals surface area contributed by atoms with Crippen molar-refractivity contribution in [1.82, 2.24) is 9.88 Å². The van der Waals surface area contributed by atoms with E-state index in [1.807, 2.05) is 12.4 Å². The first kappa shape index (κ1) is 15.8. The highest BCUT2D eigenvalue weighted by Gasteiger charge is 2.26. The first-order chi connectivity index (χ1) is 10.9. The van der Waals surface area contributed by atoms with E-state index in [0.717, 1.165) is 19.6 Å². The molecule has 118 valence electrons. The molecule has 1 aromatic heterocycles. The summed E-state index contributed by atoms with van der Waals surface area (Å²) in [4.78, 5) is 6.62.